The van der Waals surface area contributed by atoms with Crippen LogP contribution in [0.5, 0.6) is 5.75 Å². The number of hydrogen-bond acceptors (Lipinski definition) is 2. The molecule has 1 unspecified atom stereocenters. The van der Waals surface area contributed by atoms with Crippen molar-refractivity contribution in [1.82, 2.24) is 0 Å². The fourth-order valence-electron chi connectivity index (χ4n) is 1.72. The van der Waals surface area contributed by atoms with Gasteiger partial charge in [0.25, 0.3) is 0 Å². The molecule has 0 heterocycles. The minimum Gasteiger partial charge on any atom is -0.497 e. The predicted octanol–water partition coefficient (Wildman–Crippen LogP) is 2.42. The van der Waals surface area contributed by atoms with E-state index in [1.54, 1.807) is 0 Å². The Balaban J connectivity index is 2.43. The van der Waals surface area contributed by atoms with Gasteiger partial charge < -0.3 is 4.74 Å². The normalized spacial score (nSPS) is 19.9. The number of benzene rings is 1. The molecular formula is C11H10F2O2. The Morgan fingerprint density at radius 3 is 2.27 bits per heavy atom. The molecule has 1 saturated carbocycles. The van der Waals surface area contributed by atoms with E-state index in [-0.39, 0.29) is 17.1 Å². The molecule has 1 aromatic rings. The van der Waals surface area contributed by atoms with Crippen LogP contribution in [0, 0.1) is 11.6 Å². The highest BCUT2D eigenvalue weighted by Gasteiger charge is 2.34. The van der Waals surface area contributed by atoms with Crippen molar-refractivity contribution in [1.29, 1.82) is 0 Å². The highest BCUT2D eigenvalue weighted by atomic mass is 19.1. The van der Waals surface area contributed by atoms with Crippen molar-refractivity contribution in [2.75, 3.05) is 7.11 Å². The lowest BCUT2D eigenvalue weighted by molar-refractivity contribution is -0.125. The molecule has 0 aromatic heterocycles. The van der Waals surface area contributed by atoms with Gasteiger partial charge in [-0.3, -0.25) is 4.79 Å². The van der Waals surface area contributed by atoms with Gasteiger partial charge in [0.1, 0.15) is 23.2 Å². The van der Waals surface area contributed by atoms with Crippen molar-refractivity contribution >= 4 is 5.78 Å². The van der Waals surface area contributed by atoms with Crippen molar-refractivity contribution in [3.63, 3.8) is 0 Å². The number of Topliss-reactive ketones (excluding diaryl/α,β-unsaturated/α-hetero) is 1. The van der Waals surface area contributed by atoms with Gasteiger partial charge in [0.05, 0.1) is 7.11 Å². The summed E-state index contributed by atoms with van der Waals surface area (Å²) in [5.74, 6) is -1.98. The fraction of sp³-hybridized carbons (Fsp3) is 0.364. The molecule has 0 bridgehead atoms. The first-order chi connectivity index (χ1) is 7.13. The third-order valence-corrected chi connectivity index (χ3v) is 2.70. The van der Waals surface area contributed by atoms with E-state index in [0.717, 1.165) is 12.1 Å². The standard InChI is InChI=1S/C11H10F2O2/c1-15-6-4-8(12)11(9(13)5-6)7-2-3-10(7)14/h4-5,7H,2-3H2,1H3. The Morgan fingerprint density at radius 1 is 1.33 bits per heavy atom. The number of rotatable bonds is 2. The largest absolute Gasteiger partial charge is 0.497 e. The molecule has 2 rings (SSSR count). The monoisotopic (exact) mass is 212 g/mol. The molecule has 2 nitrogen and oxygen atoms in total. The van der Waals surface area contributed by atoms with Crippen LogP contribution in [0.1, 0.15) is 24.3 Å². The minimum absolute atomic E-state index is 0.0991. The van der Waals surface area contributed by atoms with Crippen LogP contribution in [0.15, 0.2) is 12.1 Å². The lowest BCUT2D eigenvalue weighted by Crippen LogP contribution is -2.25. The van der Waals surface area contributed by atoms with Crippen LogP contribution < -0.4 is 4.74 Å². The van der Waals surface area contributed by atoms with E-state index in [1.165, 1.54) is 7.11 Å². The van der Waals surface area contributed by atoms with Gasteiger partial charge >= 0.3 is 0 Å². The first kappa shape index (κ1) is 10.1. The molecule has 1 aromatic carbocycles. The summed E-state index contributed by atoms with van der Waals surface area (Å²) in [7, 11) is 1.34. The molecule has 1 aliphatic rings. The van der Waals surface area contributed by atoms with E-state index in [1.807, 2.05) is 0 Å². The van der Waals surface area contributed by atoms with Crippen LogP contribution >= 0.6 is 0 Å². The second-order valence-electron chi connectivity index (χ2n) is 3.56. The molecule has 0 amide bonds. The molecule has 0 aliphatic heterocycles. The van der Waals surface area contributed by atoms with E-state index in [0.29, 0.717) is 12.8 Å². The van der Waals surface area contributed by atoms with Gasteiger partial charge in [-0.25, -0.2) is 8.78 Å². The fourth-order valence-corrected chi connectivity index (χ4v) is 1.72. The van der Waals surface area contributed by atoms with Crippen molar-refractivity contribution in [2.45, 2.75) is 18.8 Å². The van der Waals surface area contributed by atoms with Crippen LogP contribution in [0.3, 0.4) is 0 Å². The topological polar surface area (TPSA) is 26.3 Å². The zero-order valence-corrected chi connectivity index (χ0v) is 8.22. The second-order valence-corrected chi connectivity index (χ2v) is 3.56. The zero-order chi connectivity index (χ0) is 11.0. The highest BCUT2D eigenvalue weighted by Crippen LogP contribution is 2.37. The Labute approximate surface area is 85.9 Å². The van der Waals surface area contributed by atoms with E-state index in [9.17, 15) is 13.6 Å². The number of hydrogen-bond donors (Lipinski definition) is 0. The summed E-state index contributed by atoms with van der Waals surface area (Å²) in [5.41, 5.74) is -0.118. The highest BCUT2D eigenvalue weighted by molar-refractivity contribution is 5.91. The average Bonchev–Trinajstić information content (AvgIpc) is 2.20. The molecular weight excluding hydrogens is 202 g/mol. The predicted molar refractivity (Wildman–Crippen MR) is 49.9 cm³/mol. The summed E-state index contributed by atoms with van der Waals surface area (Å²) in [6.45, 7) is 0. The van der Waals surface area contributed by atoms with Crippen LogP contribution in [-0.2, 0) is 4.79 Å². The van der Waals surface area contributed by atoms with E-state index in [4.69, 9.17) is 4.74 Å². The summed E-state index contributed by atoms with van der Waals surface area (Å²) in [5, 5.41) is 0. The van der Waals surface area contributed by atoms with Crippen LogP contribution in [-0.4, -0.2) is 12.9 Å². The Morgan fingerprint density at radius 2 is 1.93 bits per heavy atom. The van der Waals surface area contributed by atoms with E-state index in [2.05, 4.69) is 0 Å². The van der Waals surface area contributed by atoms with Gasteiger partial charge in [-0.15, -0.1) is 0 Å². The number of ketones is 1. The maximum Gasteiger partial charge on any atom is 0.140 e. The summed E-state index contributed by atoms with van der Waals surface area (Å²) in [6.07, 6.45) is 0.939. The van der Waals surface area contributed by atoms with Crippen molar-refractivity contribution in [3.05, 3.63) is 29.3 Å². The molecule has 80 valence electrons. The molecule has 0 radical (unpaired) electrons. The smallest absolute Gasteiger partial charge is 0.140 e. The molecule has 4 heteroatoms. The third kappa shape index (κ3) is 1.60. The van der Waals surface area contributed by atoms with Gasteiger partial charge in [-0.2, -0.15) is 0 Å². The maximum atomic E-state index is 13.5. The quantitative estimate of drug-likeness (QED) is 0.752. The number of methoxy groups -OCH3 is 1. The number of carbonyl (C=O) groups excluding carboxylic acids is 1. The third-order valence-electron chi connectivity index (χ3n) is 2.70. The minimum atomic E-state index is -0.704. The maximum absolute atomic E-state index is 13.5. The zero-order valence-electron chi connectivity index (χ0n) is 8.22. The van der Waals surface area contributed by atoms with Crippen LogP contribution in [0.25, 0.3) is 0 Å². The van der Waals surface area contributed by atoms with Gasteiger partial charge in [0, 0.05) is 30.0 Å². The first-order valence-electron chi connectivity index (χ1n) is 4.69. The Bertz CT molecular complexity index is 392. The van der Waals surface area contributed by atoms with Crippen molar-refractivity contribution in [3.8, 4) is 5.75 Å². The molecule has 0 N–H and O–H groups in total. The van der Waals surface area contributed by atoms with E-state index >= 15 is 0 Å². The summed E-state index contributed by atoms with van der Waals surface area (Å²) in [6, 6.07) is 2.20. The summed E-state index contributed by atoms with van der Waals surface area (Å²) < 4.78 is 31.7. The van der Waals surface area contributed by atoms with Crippen LogP contribution in [0.4, 0.5) is 8.78 Å². The molecule has 0 saturated heterocycles. The van der Waals surface area contributed by atoms with Crippen molar-refractivity contribution < 1.29 is 18.3 Å². The lowest BCUT2D eigenvalue weighted by Gasteiger charge is -2.25. The molecule has 1 atom stereocenters. The number of ether oxygens (including phenoxy) is 1. The van der Waals surface area contributed by atoms with E-state index < -0.39 is 17.6 Å². The average molecular weight is 212 g/mol. The number of carbonyl (C=O) groups is 1. The van der Waals surface area contributed by atoms with Gasteiger partial charge in [0.15, 0.2) is 0 Å². The van der Waals surface area contributed by atoms with Gasteiger partial charge in [-0.05, 0) is 6.42 Å². The van der Waals surface area contributed by atoms with Gasteiger partial charge in [-0.1, -0.05) is 0 Å². The summed E-state index contributed by atoms with van der Waals surface area (Å²) in [4.78, 5) is 11.1. The van der Waals surface area contributed by atoms with Gasteiger partial charge in [0.2, 0.25) is 0 Å². The number of halogens is 2. The summed E-state index contributed by atoms with van der Waals surface area (Å²) >= 11 is 0. The first-order valence-corrected chi connectivity index (χ1v) is 4.69. The Kier molecular flexibility index (Phi) is 2.42. The molecule has 15 heavy (non-hydrogen) atoms. The molecule has 1 aliphatic carbocycles. The Hall–Kier alpha value is -1.45. The van der Waals surface area contributed by atoms with Crippen molar-refractivity contribution in [2.24, 2.45) is 0 Å². The SMILES string of the molecule is COc1cc(F)c(C2CCC2=O)c(F)c1. The second kappa shape index (κ2) is 3.61. The van der Waals surface area contributed by atoms with Crippen LogP contribution in [0.2, 0.25) is 0 Å². The lowest BCUT2D eigenvalue weighted by atomic mass is 9.78. The molecule has 1 fully saturated rings. The molecule has 0 spiro atoms.